The van der Waals surface area contributed by atoms with Crippen LogP contribution in [0.3, 0.4) is 0 Å². The zero-order chi connectivity index (χ0) is 16.3. The lowest BCUT2D eigenvalue weighted by molar-refractivity contribution is -0.122. The van der Waals surface area contributed by atoms with Crippen LogP contribution in [0.2, 0.25) is 5.02 Å². The molecule has 1 N–H and O–H groups in total. The van der Waals surface area contributed by atoms with E-state index in [-0.39, 0.29) is 16.5 Å². The number of rotatable bonds is 4. The molecule has 2 aromatic carbocycles. The van der Waals surface area contributed by atoms with Crippen molar-refractivity contribution in [2.75, 3.05) is 5.32 Å². The quantitative estimate of drug-likeness (QED) is 0.914. The zero-order valence-corrected chi connectivity index (χ0v) is 12.1. The Morgan fingerprint density at radius 3 is 2.50 bits per heavy atom. The minimum Gasteiger partial charge on any atom is -0.481 e. The van der Waals surface area contributed by atoms with E-state index in [9.17, 15) is 18.0 Å². The Hall–Kier alpha value is -2.21. The number of benzene rings is 2. The molecule has 7 heteroatoms. The lowest BCUT2D eigenvalue weighted by atomic mass is 10.2. The summed E-state index contributed by atoms with van der Waals surface area (Å²) in [6.45, 7) is 1.42. The molecule has 1 atom stereocenters. The first-order valence-corrected chi connectivity index (χ1v) is 6.62. The first-order chi connectivity index (χ1) is 10.4. The molecule has 1 unspecified atom stereocenters. The Bertz CT molecular complexity index is 709. The Kier molecular flexibility index (Phi) is 4.92. The topological polar surface area (TPSA) is 38.3 Å². The van der Waals surface area contributed by atoms with Crippen molar-refractivity contribution in [2.24, 2.45) is 0 Å². The summed E-state index contributed by atoms with van der Waals surface area (Å²) in [6.07, 6.45) is -0.994. The number of amides is 1. The number of carbonyl (C=O) groups is 1. The number of halogens is 4. The molecule has 2 aromatic rings. The minimum atomic E-state index is -0.994. The molecule has 0 aliphatic rings. The van der Waals surface area contributed by atoms with Crippen molar-refractivity contribution in [1.29, 1.82) is 0 Å². The normalized spacial score (nSPS) is 11.9. The van der Waals surface area contributed by atoms with E-state index in [2.05, 4.69) is 5.32 Å². The van der Waals surface area contributed by atoms with Crippen molar-refractivity contribution in [3.63, 3.8) is 0 Å². The predicted octanol–water partition coefficient (Wildman–Crippen LogP) is 4.16. The Morgan fingerprint density at radius 1 is 1.14 bits per heavy atom. The van der Waals surface area contributed by atoms with Gasteiger partial charge in [-0.1, -0.05) is 11.6 Å². The van der Waals surface area contributed by atoms with Gasteiger partial charge in [-0.2, -0.15) is 0 Å². The lowest BCUT2D eigenvalue weighted by Crippen LogP contribution is -2.30. The van der Waals surface area contributed by atoms with E-state index in [1.165, 1.54) is 19.1 Å². The van der Waals surface area contributed by atoms with Gasteiger partial charge < -0.3 is 10.1 Å². The summed E-state index contributed by atoms with van der Waals surface area (Å²) in [4.78, 5) is 11.9. The van der Waals surface area contributed by atoms with Crippen molar-refractivity contribution in [3.8, 4) is 5.75 Å². The van der Waals surface area contributed by atoms with E-state index in [1.54, 1.807) is 0 Å². The van der Waals surface area contributed by atoms with Crippen molar-refractivity contribution in [1.82, 2.24) is 0 Å². The maximum atomic E-state index is 13.4. The largest absolute Gasteiger partial charge is 0.481 e. The molecule has 116 valence electrons. The lowest BCUT2D eigenvalue weighted by Gasteiger charge is -2.15. The highest BCUT2D eigenvalue weighted by molar-refractivity contribution is 6.30. The number of hydrogen-bond donors (Lipinski definition) is 1. The molecule has 0 saturated heterocycles. The average molecular weight is 330 g/mol. The van der Waals surface area contributed by atoms with Gasteiger partial charge in [-0.25, -0.2) is 13.2 Å². The average Bonchev–Trinajstić information content (AvgIpc) is 2.45. The molecular formula is C15H11ClF3NO2. The van der Waals surface area contributed by atoms with Gasteiger partial charge in [-0.15, -0.1) is 0 Å². The Balaban J connectivity index is 2.04. The van der Waals surface area contributed by atoms with Crippen LogP contribution in [0.15, 0.2) is 36.4 Å². The van der Waals surface area contributed by atoms with Gasteiger partial charge in [0.25, 0.3) is 5.91 Å². The van der Waals surface area contributed by atoms with Crippen LogP contribution in [0.1, 0.15) is 6.92 Å². The van der Waals surface area contributed by atoms with Gasteiger partial charge in [0.15, 0.2) is 6.10 Å². The van der Waals surface area contributed by atoms with Crippen molar-refractivity contribution < 1.29 is 22.7 Å². The first kappa shape index (κ1) is 16.2. The van der Waals surface area contributed by atoms with Gasteiger partial charge >= 0.3 is 0 Å². The van der Waals surface area contributed by atoms with E-state index >= 15 is 0 Å². The molecule has 0 heterocycles. The molecule has 22 heavy (non-hydrogen) atoms. The summed E-state index contributed by atoms with van der Waals surface area (Å²) in [5.74, 6) is -2.72. The van der Waals surface area contributed by atoms with Crippen molar-refractivity contribution in [3.05, 3.63) is 58.9 Å². The van der Waals surface area contributed by atoms with Crippen molar-refractivity contribution >= 4 is 23.2 Å². The van der Waals surface area contributed by atoms with Crippen LogP contribution in [0, 0.1) is 17.5 Å². The Labute approximate surface area is 129 Å². The molecule has 0 spiro atoms. The van der Waals surface area contributed by atoms with Gasteiger partial charge in [0, 0.05) is 12.1 Å². The van der Waals surface area contributed by atoms with Crippen LogP contribution < -0.4 is 10.1 Å². The SMILES string of the molecule is CC(Oc1ccc(F)c(Cl)c1)C(=O)Nc1ccc(F)cc1F. The van der Waals surface area contributed by atoms with Crippen LogP contribution in [0.5, 0.6) is 5.75 Å². The van der Waals surface area contributed by atoms with Gasteiger partial charge in [-0.05, 0) is 31.2 Å². The van der Waals surface area contributed by atoms with Crippen LogP contribution in [-0.4, -0.2) is 12.0 Å². The van der Waals surface area contributed by atoms with Gasteiger partial charge in [0.1, 0.15) is 23.2 Å². The third kappa shape index (κ3) is 3.92. The van der Waals surface area contributed by atoms with E-state index < -0.39 is 29.5 Å². The fraction of sp³-hybridized carbons (Fsp3) is 0.133. The molecule has 0 bridgehead atoms. The maximum absolute atomic E-state index is 13.4. The van der Waals surface area contributed by atoms with Crippen LogP contribution in [0.4, 0.5) is 18.9 Å². The number of hydrogen-bond acceptors (Lipinski definition) is 2. The van der Waals surface area contributed by atoms with Gasteiger partial charge in [0.2, 0.25) is 0 Å². The second-order valence-corrected chi connectivity index (χ2v) is 4.86. The highest BCUT2D eigenvalue weighted by atomic mass is 35.5. The van der Waals surface area contributed by atoms with Crippen LogP contribution in [0.25, 0.3) is 0 Å². The van der Waals surface area contributed by atoms with Gasteiger partial charge in [0.05, 0.1) is 10.7 Å². The molecular weight excluding hydrogens is 319 g/mol. The van der Waals surface area contributed by atoms with E-state index in [0.29, 0.717) is 6.07 Å². The summed E-state index contributed by atoms with van der Waals surface area (Å²) < 4.78 is 44.5. The smallest absolute Gasteiger partial charge is 0.265 e. The molecule has 0 aromatic heterocycles. The fourth-order valence-corrected chi connectivity index (χ4v) is 1.80. The number of anilines is 1. The monoisotopic (exact) mass is 329 g/mol. The number of carbonyl (C=O) groups excluding carboxylic acids is 1. The molecule has 0 saturated carbocycles. The van der Waals surface area contributed by atoms with E-state index in [1.807, 2.05) is 0 Å². The molecule has 0 radical (unpaired) electrons. The maximum Gasteiger partial charge on any atom is 0.265 e. The molecule has 0 fully saturated rings. The number of nitrogens with one attached hydrogen (secondary N) is 1. The summed E-state index contributed by atoms with van der Waals surface area (Å²) in [7, 11) is 0. The summed E-state index contributed by atoms with van der Waals surface area (Å²) in [6, 6.07) is 6.40. The molecule has 0 aliphatic carbocycles. The molecule has 0 aliphatic heterocycles. The van der Waals surface area contributed by atoms with Crippen LogP contribution in [-0.2, 0) is 4.79 Å². The zero-order valence-electron chi connectivity index (χ0n) is 11.4. The second-order valence-electron chi connectivity index (χ2n) is 4.45. The van der Waals surface area contributed by atoms with Gasteiger partial charge in [-0.3, -0.25) is 4.79 Å². The molecule has 3 nitrogen and oxygen atoms in total. The van der Waals surface area contributed by atoms with E-state index in [4.69, 9.17) is 16.3 Å². The summed E-state index contributed by atoms with van der Waals surface area (Å²) >= 11 is 5.60. The third-order valence-corrected chi connectivity index (χ3v) is 3.05. The van der Waals surface area contributed by atoms with Crippen molar-refractivity contribution in [2.45, 2.75) is 13.0 Å². The third-order valence-electron chi connectivity index (χ3n) is 2.76. The van der Waals surface area contributed by atoms with Crippen LogP contribution >= 0.6 is 11.6 Å². The Morgan fingerprint density at radius 2 is 1.86 bits per heavy atom. The first-order valence-electron chi connectivity index (χ1n) is 6.24. The van der Waals surface area contributed by atoms with E-state index in [0.717, 1.165) is 18.2 Å². The predicted molar refractivity (Wildman–Crippen MR) is 76.5 cm³/mol. The summed E-state index contributed by atoms with van der Waals surface area (Å²) in [5.41, 5.74) is -0.168. The molecule has 1 amide bonds. The minimum absolute atomic E-state index is 0.144. The standard InChI is InChI=1S/C15H11ClF3NO2/c1-8(22-10-3-4-12(18)11(16)7-10)15(21)20-14-5-2-9(17)6-13(14)19/h2-8H,1H3,(H,20,21). The highest BCUT2D eigenvalue weighted by Crippen LogP contribution is 2.22. The fourth-order valence-electron chi connectivity index (χ4n) is 1.63. The molecule has 2 rings (SSSR count). The number of ether oxygens (including phenoxy) is 1. The second kappa shape index (κ2) is 6.70. The highest BCUT2D eigenvalue weighted by Gasteiger charge is 2.17. The summed E-state index contributed by atoms with van der Waals surface area (Å²) in [5, 5.41) is 2.13.